The molecule has 220 valence electrons. The molecule has 0 aromatic heterocycles. The SMILES string of the molecule is CCCCN(C(=O)CCC)c1cc(C)cc(C(=O)N[C@@H](Cc2ccccc2)[C@H](O)CNCc2cccc(OC)c2)c1. The molecule has 0 fully saturated rings. The highest BCUT2D eigenvalue weighted by atomic mass is 16.5. The van der Waals surface area contributed by atoms with Crippen molar-refractivity contribution in [2.24, 2.45) is 0 Å². The van der Waals surface area contributed by atoms with Crippen molar-refractivity contribution in [1.82, 2.24) is 10.6 Å². The fourth-order valence-electron chi connectivity index (χ4n) is 4.80. The van der Waals surface area contributed by atoms with Gasteiger partial charge in [-0.05, 0) is 73.2 Å². The zero-order chi connectivity index (χ0) is 29.6. The predicted molar refractivity (Wildman–Crippen MR) is 165 cm³/mol. The van der Waals surface area contributed by atoms with Gasteiger partial charge < -0.3 is 25.4 Å². The number of unbranched alkanes of at least 4 members (excludes halogenated alkanes) is 1. The summed E-state index contributed by atoms with van der Waals surface area (Å²) in [5.74, 6) is 0.569. The van der Waals surface area contributed by atoms with E-state index >= 15 is 0 Å². The maximum Gasteiger partial charge on any atom is 0.251 e. The van der Waals surface area contributed by atoms with Gasteiger partial charge in [0.25, 0.3) is 5.91 Å². The van der Waals surface area contributed by atoms with Gasteiger partial charge in [0.15, 0.2) is 0 Å². The third kappa shape index (κ3) is 10.0. The van der Waals surface area contributed by atoms with Gasteiger partial charge in [0.1, 0.15) is 5.75 Å². The topological polar surface area (TPSA) is 90.9 Å². The highest BCUT2D eigenvalue weighted by Gasteiger charge is 2.24. The number of carbonyl (C=O) groups excluding carboxylic acids is 2. The van der Waals surface area contributed by atoms with Crippen LogP contribution >= 0.6 is 0 Å². The number of nitrogens with one attached hydrogen (secondary N) is 2. The van der Waals surface area contributed by atoms with E-state index in [9.17, 15) is 14.7 Å². The molecule has 7 nitrogen and oxygen atoms in total. The first-order valence-electron chi connectivity index (χ1n) is 14.6. The van der Waals surface area contributed by atoms with Crippen LogP contribution in [0.5, 0.6) is 5.75 Å². The van der Waals surface area contributed by atoms with E-state index < -0.39 is 12.1 Å². The molecule has 0 saturated heterocycles. The van der Waals surface area contributed by atoms with Crippen LogP contribution in [0.4, 0.5) is 5.69 Å². The Kier molecular flexibility index (Phi) is 12.9. The summed E-state index contributed by atoms with van der Waals surface area (Å²) in [5.41, 5.74) is 4.17. The molecule has 0 aliphatic carbocycles. The van der Waals surface area contributed by atoms with Gasteiger partial charge in [-0.1, -0.05) is 62.7 Å². The van der Waals surface area contributed by atoms with E-state index in [1.54, 1.807) is 18.1 Å². The van der Waals surface area contributed by atoms with Crippen LogP contribution in [0.15, 0.2) is 72.8 Å². The van der Waals surface area contributed by atoms with Crippen molar-refractivity contribution in [3.8, 4) is 5.75 Å². The number of rotatable bonds is 16. The molecule has 0 aliphatic rings. The molecular weight excluding hydrogens is 514 g/mol. The minimum Gasteiger partial charge on any atom is -0.497 e. The highest BCUT2D eigenvalue weighted by Crippen LogP contribution is 2.22. The molecule has 0 spiro atoms. The smallest absolute Gasteiger partial charge is 0.251 e. The summed E-state index contributed by atoms with van der Waals surface area (Å²) in [6.07, 6.45) is 2.74. The summed E-state index contributed by atoms with van der Waals surface area (Å²) in [4.78, 5) is 28.3. The largest absolute Gasteiger partial charge is 0.497 e. The fraction of sp³-hybridized carbons (Fsp3) is 0.412. The standard InChI is InChI=1S/C34H45N3O4/c1-5-7-17-37(33(39)12-6-2)29-19-25(3)18-28(22-29)34(40)36-31(21-26-13-9-8-10-14-26)32(38)24-35-23-27-15-11-16-30(20-27)41-4/h8-11,13-16,18-20,22,31-32,35,38H,5-7,12,17,21,23-24H2,1-4H3,(H,36,40)/t31-,32+/m0/s1. The second kappa shape index (κ2) is 16.6. The summed E-state index contributed by atoms with van der Waals surface area (Å²) in [5, 5.41) is 17.6. The number of carbonyl (C=O) groups is 2. The number of nitrogens with zero attached hydrogens (tertiary/aromatic N) is 1. The molecule has 0 heterocycles. The van der Waals surface area contributed by atoms with Crippen LogP contribution in [0.1, 0.15) is 66.6 Å². The molecule has 41 heavy (non-hydrogen) atoms. The molecule has 3 aromatic carbocycles. The normalized spacial score (nSPS) is 12.4. The molecule has 3 aromatic rings. The van der Waals surface area contributed by atoms with Crippen LogP contribution in [-0.4, -0.2) is 49.3 Å². The lowest BCUT2D eigenvalue weighted by Crippen LogP contribution is -2.48. The van der Waals surface area contributed by atoms with Gasteiger partial charge in [-0.25, -0.2) is 0 Å². The number of methoxy groups -OCH3 is 1. The first kappa shape index (κ1) is 31.8. The molecule has 0 radical (unpaired) electrons. The van der Waals surface area contributed by atoms with E-state index in [2.05, 4.69) is 17.6 Å². The summed E-state index contributed by atoms with van der Waals surface area (Å²) < 4.78 is 5.30. The first-order chi connectivity index (χ1) is 19.8. The average molecular weight is 560 g/mol. The second-order valence-electron chi connectivity index (χ2n) is 10.5. The molecule has 3 rings (SSSR count). The van der Waals surface area contributed by atoms with Crippen molar-refractivity contribution in [1.29, 1.82) is 0 Å². The number of benzene rings is 3. The number of aliphatic hydroxyl groups excluding tert-OH is 1. The van der Waals surface area contributed by atoms with E-state index in [1.807, 2.05) is 80.6 Å². The molecule has 2 amide bonds. The van der Waals surface area contributed by atoms with Crippen LogP contribution in [0.3, 0.4) is 0 Å². The first-order valence-corrected chi connectivity index (χ1v) is 14.6. The predicted octanol–water partition coefficient (Wildman–Crippen LogP) is 5.43. The summed E-state index contributed by atoms with van der Waals surface area (Å²) >= 11 is 0. The molecular formula is C34H45N3O4. The Labute approximate surface area is 244 Å². The summed E-state index contributed by atoms with van der Waals surface area (Å²) in [7, 11) is 1.64. The van der Waals surface area contributed by atoms with Crippen molar-refractivity contribution in [3.63, 3.8) is 0 Å². The number of amides is 2. The van der Waals surface area contributed by atoms with Crippen molar-refractivity contribution in [3.05, 3.63) is 95.1 Å². The minimum absolute atomic E-state index is 0.0670. The van der Waals surface area contributed by atoms with Crippen LogP contribution in [0, 0.1) is 6.92 Å². The number of anilines is 1. The summed E-state index contributed by atoms with van der Waals surface area (Å²) in [6.45, 7) is 7.50. The Balaban J connectivity index is 1.77. The molecule has 3 N–H and O–H groups in total. The number of aryl methyl sites for hydroxylation is 1. The molecule has 0 bridgehead atoms. The Morgan fingerprint density at radius 1 is 0.951 bits per heavy atom. The Morgan fingerprint density at radius 3 is 2.41 bits per heavy atom. The van der Waals surface area contributed by atoms with Crippen LogP contribution in [0.2, 0.25) is 0 Å². The lowest BCUT2D eigenvalue weighted by molar-refractivity contribution is -0.118. The quantitative estimate of drug-likeness (QED) is 0.218. The van der Waals surface area contributed by atoms with Crippen LogP contribution < -0.4 is 20.3 Å². The molecule has 0 saturated carbocycles. The maximum absolute atomic E-state index is 13.6. The Bertz CT molecular complexity index is 1250. The van der Waals surface area contributed by atoms with Crippen molar-refractivity contribution < 1.29 is 19.4 Å². The number of hydrogen-bond donors (Lipinski definition) is 3. The monoisotopic (exact) mass is 559 g/mol. The van der Waals surface area contributed by atoms with E-state index in [-0.39, 0.29) is 11.8 Å². The molecule has 7 heteroatoms. The zero-order valence-corrected chi connectivity index (χ0v) is 24.9. The third-order valence-corrected chi connectivity index (χ3v) is 7.03. The number of hydrogen-bond acceptors (Lipinski definition) is 5. The minimum atomic E-state index is -0.832. The van der Waals surface area contributed by atoms with Gasteiger partial charge in [-0.3, -0.25) is 9.59 Å². The fourth-order valence-corrected chi connectivity index (χ4v) is 4.80. The van der Waals surface area contributed by atoms with Gasteiger partial charge in [0, 0.05) is 37.3 Å². The van der Waals surface area contributed by atoms with Crippen molar-refractivity contribution in [2.75, 3.05) is 25.1 Å². The van der Waals surface area contributed by atoms with E-state index in [4.69, 9.17) is 4.74 Å². The van der Waals surface area contributed by atoms with Crippen molar-refractivity contribution in [2.45, 2.75) is 71.6 Å². The average Bonchev–Trinajstić information content (AvgIpc) is 2.97. The van der Waals surface area contributed by atoms with Gasteiger partial charge in [-0.15, -0.1) is 0 Å². The third-order valence-electron chi connectivity index (χ3n) is 7.03. The van der Waals surface area contributed by atoms with Crippen molar-refractivity contribution >= 4 is 17.5 Å². The van der Waals surface area contributed by atoms with Gasteiger partial charge in [0.2, 0.25) is 5.91 Å². The lowest BCUT2D eigenvalue weighted by atomic mass is 10.00. The van der Waals surface area contributed by atoms with Crippen LogP contribution in [-0.2, 0) is 17.8 Å². The number of aliphatic hydroxyl groups is 1. The molecule has 0 aliphatic heterocycles. The summed E-state index contributed by atoms with van der Waals surface area (Å²) in [6, 6.07) is 22.7. The maximum atomic E-state index is 13.6. The second-order valence-corrected chi connectivity index (χ2v) is 10.5. The Hall–Kier alpha value is -3.68. The van der Waals surface area contributed by atoms with E-state index in [0.717, 1.165) is 47.4 Å². The molecule has 0 unspecified atom stereocenters. The number of ether oxygens (including phenoxy) is 1. The van der Waals surface area contributed by atoms with E-state index in [0.29, 0.717) is 38.0 Å². The molecule has 2 atom stereocenters. The van der Waals surface area contributed by atoms with Gasteiger partial charge >= 0.3 is 0 Å². The van der Waals surface area contributed by atoms with E-state index in [1.165, 1.54) is 0 Å². The van der Waals surface area contributed by atoms with Gasteiger partial charge in [0.05, 0.1) is 19.3 Å². The lowest BCUT2D eigenvalue weighted by Gasteiger charge is -2.26. The highest BCUT2D eigenvalue weighted by molar-refractivity contribution is 5.98. The Morgan fingerprint density at radius 2 is 1.71 bits per heavy atom. The van der Waals surface area contributed by atoms with Crippen LogP contribution in [0.25, 0.3) is 0 Å². The van der Waals surface area contributed by atoms with Gasteiger partial charge in [-0.2, -0.15) is 0 Å². The zero-order valence-electron chi connectivity index (χ0n) is 24.9.